The maximum absolute atomic E-state index is 12.0. The minimum Gasteiger partial charge on any atom is -0.349 e. The Morgan fingerprint density at radius 1 is 1.25 bits per heavy atom. The molecule has 0 aromatic heterocycles. The quantitative estimate of drug-likeness (QED) is 0.676. The maximum atomic E-state index is 12.0. The lowest BCUT2D eigenvalue weighted by molar-refractivity contribution is -0.123. The standard InChI is InChI=1S/C18H30N4O2/c1-14(2)18(3,13-19)21-16(23)10-11-20-17(24)22(4)12-15-8-6-5-7-9-15/h5-9,14H,10-13,19H2,1-4H3,(H,20,24)(H,21,23). The predicted molar refractivity (Wildman–Crippen MR) is 96.4 cm³/mol. The molecule has 1 rings (SSSR count). The van der Waals surface area contributed by atoms with Gasteiger partial charge in [-0.05, 0) is 18.4 Å². The first-order chi connectivity index (χ1) is 11.3. The number of benzene rings is 1. The van der Waals surface area contributed by atoms with Crippen molar-refractivity contribution in [2.24, 2.45) is 11.7 Å². The van der Waals surface area contributed by atoms with Crippen LogP contribution in [-0.4, -0.2) is 42.5 Å². The lowest BCUT2D eigenvalue weighted by atomic mass is 9.88. The van der Waals surface area contributed by atoms with E-state index in [-0.39, 0.29) is 24.3 Å². The SMILES string of the molecule is CC(C)C(C)(CN)NC(=O)CCNC(=O)N(C)Cc1ccccc1. The summed E-state index contributed by atoms with van der Waals surface area (Å²) >= 11 is 0. The average molecular weight is 334 g/mol. The van der Waals surface area contributed by atoms with Crippen LogP contribution in [0.3, 0.4) is 0 Å². The summed E-state index contributed by atoms with van der Waals surface area (Å²) in [7, 11) is 1.73. The van der Waals surface area contributed by atoms with Gasteiger partial charge in [-0.2, -0.15) is 0 Å². The monoisotopic (exact) mass is 334 g/mol. The predicted octanol–water partition coefficient (Wildman–Crippen LogP) is 1.71. The third kappa shape index (κ3) is 6.20. The number of carbonyl (C=O) groups is 2. The molecule has 4 N–H and O–H groups in total. The van der Waals surface area contributed by atoms with Crippen molar-refractivity contribution in [1.82, 2.24) is 15.5 Å². The molecule has 0 aliphatic heterocycles. The van der Waals surface area contributed by atoms with Gasteiger partial charge in [0, 0.05) is 33.1 Å². The van der Waals surface area contributed by atoms with E-state index in [1.807, 2.05) is 51.1 Å². The number of carbonyl (C=O) groups excluding carboxylic acids is 2. The Hall–Kier alpha value is -2.08. The van der Waals surface area contributed by atoms with Crippen molar-refractivity contribution in [3.63, 3.8) is 0 Å². The molecule has 3 amide bonds. The molecule has 6 heteroatoms. The molecule has 1 aromatic carbocycles. The molecule has 24 heavy (non-hydrogen) atoms. The van der Waals surface area contributed by atoms with Crippen LogP contribution in [0.15, 0.2) is 30.3 Å². The third-order valence-electron chi connectivity index (χ3n) is 4.36. The molecule has 0 bridgehead atoms. The van der Waals surface area contributed by atoms with E-state index in [0.29, 0.717) is 19.6 Å². The number of amides is 3. The minimum absolute atomic E-state index is 0.109. The summed E-state index contributed by atoms with van der Waals surface area (Å²) in [5.74, 6) is 0.126. The summed E-state index contributed by atoms with van der Waals surface area (Å²) in [6, 6.07) is 9.56. The maximum Gasteiger partial charge on any atom is 0.317 e. The van der Waals surface area contributed by atoms with E-state index in [9.17, 15) is 9.59 Å². The molecular weight excluding hydrogens is 304 g/mol. The molecular formula is C18H30N4O2. The van der Waals surface area contributed by atoms with Gasteiger partial charge in [-0.1, -0.05) is 44.2 Å². The van der Waals surface area contributed by atoms with Crippen molar-refractivity contribution in [2.75, 3.05) is 20.1 Å². The lowest BCUT2D eigenvalue weighted by Crippen LogP contribution is -2.55. The molecule has 1 atom stereocenters. The van der Waals surface area contributed by atoms with Crippen LogP contribution in [0, 0.1) is 5.92 Å². The summed E-state index contributed by atoms with van der Waals surface area (Å²) in [6.45, 7) is 7.17. The lowest BCUT2D eigenvalue weighted by Gasteiger charge is -2.33. The summed E-state index contributed by atoms with van der Waals surface area (Å²) in [5, 5.41) is 5.72. The Morgan fingerprint density at radius 2 is 1.88 bits per heavy atom. The van der Waals surface area contributed by atoms with Gasteiger partial charge in [0.15, 0.2) is 0 Å². The van der Waals surface area contributed by atoms with Crippen LogP contribution in [0.4, 0.5) is 4.79 Å². The van der Waals surface area contributed by atoms with E-state index in [0.717, 1.165) is 5.56 Å². The molecule has 0 fully saturated rings. The Morgan fingerprint density at radius 3 is 2.42 bits per heavy atom. The second kappa shape index (κ2) is 9.27. The molecule has 0 aliphatic carbocycles. The Balaban J connectivity index is 2.35. The van der Waals surface area contributed by atoms with E-state index in [2.05, 4.69) is 10.6 Å². The molecule has 134 valence electrons. The number of nitrogens with one attached hydrogen (secondary N) is 2. The number of nitrogens with two attached hydrogens (primary N) is 1. The van der Waals surface area contributed by atoms with E-state index in [1.54, 1.807) is 11.9 Å². The van der Waals surface area contributed by atoms with E-state index >= 15 is 0 Å². The van der Waals surface area contributed by atoms with Gasteiger partial charge in [-0.15, -0.1) is 0 Å². The van der Waals surface area contributed by atoms with Crippen molar-refractivity contribution in [1.29, 1.82) is 0 Å². The van der Waals surface area contributed by atoms with Crippen LogP contribution in [0.1, 0.15) is 32.8 Å². The van der Waals surface area contributed by atoms with Gasteiger partial charge in [0.1, 0.15) is 0 Å². The fourth-order valence-corrected chi connectivity index (χ4v) is 2.16. The fourth-order valence-electron chi connectivity index (χ4n) is 2.16. The summed E-state index contributed by atoms with van der Waals surface area (Å²) in [4.78, 5) is 25.7. The Kier molecular flexibility index (Phi) is 7.71. The molecule has 0 spiro atoms. The Labute approximate surface area is 144 Å². The van der Waals surface area contributed by atoms with E-state index < -0.39 is 5.54 Å². The highest BCUT2D eigenvalue weighted by Crippen LogP contribution is 2.14. The van der Waals surface area contributed by atoms with Gasteiger partial charge >= 0.3 is 6.03 Å². The summed E-state index contributed by atoms with van der Waals surface area (Å²) in [6.07, 6.45) is 0.229. The van der Waals surface area contributed by atoms with Crippen molar-refractivity contribution in [3.05, 3.63) is 35.9 Å². The summed E-state index contributed by atoms with van der Waals surface area (Å²) < 4.78 is 0. The molecule has 1 aromatic rings. The van der Waals surface area contributed by atoms with Gasteiger partial charge < -0.3 is 21.3 Å². The van der Waals surface area contributed by atoms with Crippen molar-refractivity contribution >= 4 is 11.9 Å². The zero-order valence-electron chi connectivity index (χ0n) is 15.1. The van der Waals surface area contributed by atoms with Crippen molar-refractivity contribution in [3.8, 4) is 0 Å². The highest BCUT2D eigenvalue weighted by Gasteiger charge is 2.28. The minimum atomic E-state index is -0.425. The number of nitrogens with zero attached hydrogens (tertiary/aromatic N) is 1. The molecule has 0 saturated heterocycles. The molecule has 6 nitrogen and oxygen atoms in total. The van der Waals surface area contributed by atoms with Gasteiger partial charge in [-0.25, -0.2) is 4.79 Å². The van der Waals surface area contributed by atoms with Gasteiger partial charge in [0.05, 0.1) is 5.54 Å². The molecule has 0 aliphatic rings. The second-order valence-corrected chi connectivity index (χ2v) is 6.65. The van der Waals surface area contributed by atoms with Crippen LogP contribution < -0.4 is 16.4 Å². The molecule has 1 unspecified atom stereocenters. The van der Waals surface area contributed by atoms with Gasteiger partial charge in [-0.3, -0.25) is 4.79 Å². The Bertz CT molecular complexity index is 533. The largest absolute Gasteiger partial charge is 0.349 e. The number of hydrogen-bond donors (Lipinski definition) is 3. The van der Waals surface area contributed by atoms with Crippen molar-refractivity contribution in [2.45, 2.75) is 39.3 Å². The zero-order valence-corrected chi connectivity index (χ0v) is 15.1. The normalized spacial score (nSPS) is 13.2. The number of rotatable bonds is 8. The number of urea groups is 1. The van der Waals surface area contributed by atoms with E-state index in [1.165, 1.54) is 0 Å². The van der Waals surface area contributed by atoms with E-state index in [4.69, 9.17) is 5.73 Å². The average Bonchev–Trinajstić information content (AvgIpc) is 2.55. The topological polar surface area (TPSA) is 87.5 Å². The summed E-state index contributed by atoms with van der Waals surface area (Å²) in [5.41, 5.74) is 6.39. The van der Waals surface area contributed by atoms with Gasteiger partial charge in [0.2, 0.25) is 5.91 Å². The fraction of sp³-hybridized carbons (Fsp3) is 0.556. The van der Waals surface area contributed by atoms with Crippen LogP contribution in [0.2, 0.25) is 0 Å². The molecule has 0 radical (unpaired) electrons. The third-order valence-corrected chi connectivity index (χ3v) is 4.36. The highest BCUT2D eigenvalue weighted by atomic mass is 16.2. The number of hydrogen-bond acceptors (Lipinski definition) is 3. The van der Waals surface area contributed by atoms with Gasteiger partial charge in [0.25, 0.3) is 0 Å². The smallest absolute Gasteiger partial charge is 0.317 e. The second-order valence-electron chi connectivity index (χ2n) is 6.65. The first-order valence-electron chi connectivity index (χ1n) is 8.32. The van der Waals surface area contributed by atoms with Crippen LogP contribution in [-0.2, 0) is 11.3 Å². The van der Waals surface area contributed by atoms with Crippen LogP contribution in [0.25, 0.3) is 0 Å². The molecule has 0 saturated carbocycles. The highest BCUT2D eigenvalue weighted by molar-refractivity contribution is 5.78. The van der Waals surface area contributed by atoms with Crippen molar-refractivity contribution < 1.29 is 9.59 Å². The molecule has 0 heterocycles. The van der Waals surface area contributed by atoms with Crippen LogP contribution >= 0.6 is 0 Å². The first-order valence-corrected chi connectivity index (χ1v) is 8.32. The van der Waals surface area contributed by atoms with Crippen LogP contribution in [0.5, 0.6) is 0 Å². The zero-order chi connectivity index (χ0) is 18.2. The first kappa shape index (κ1) is 20.0.